The highest BCUT2D eigenvalue weighted by Gasteiger charge is 2.11. The summed E-state index contributed by atoms with van der Waals surface area (Å²) in [7, 11) is 0. The fourth-order valence-corrected chi connectivity index (χ4v) is 2.51. The Morgan fingerprint density at radius 2 is 1.96 bits per heavy atom. The van der Waals surface area contributed by atoms with Crippen LogP contribution in [0.15, 0.2) is 41.2 Å². The summed E-state index contributed by atoms with van der Waals surface area (Å²) < 4.78 is 1.12. The molecule has 1 heterocycles. The van der Waals surface area contributed by atoms with Gasteiger partial charge in [0.05, 0.1) is 0 Å². The van der Waals surface area contributed by atoms with E-state index in [1.54, 1.807) is 50.3 Å². The molecule has 132 valence electrons. The molecule has 0 saturated carbocycles. The molecular formula is C18H15ClN4O2S. The second-order valence-electron chi connectivity index (χ2n) is 5.41. The molecule has 2 rings (SSSR count). The highest BCUT2D eigenvalue weighted by molar-refractivity contribution is 7.80. The van der Waals surface area contributed by atoms with Gasteiger partial charge in [-0.2, -0.15) is 5.26 Å². The molecule has 0 bridgehead atoms. The van der Waals surface area contributed by atoms with E-state index in [0.29, 0.717) is 16.3 Å². The van der Waals surface area contributed by atoms with Crippen molar-refractivity contribution in [3.05, 3.63) is 74.2 Å². The lowest BCUT2D eigenvalue weighted by Crippen LogP contribution is -2.42. The molecule has 0 atom stereocenters. The van der Waals surface area contributed by atoms with Gasteiger partial charge >= 0.3 is 0 Å². The predicted octanol–water partition coefficient (Wildman–Crippen LogP) is 2.65. The SMILES string of the molecule is Cc1cc(C)n(NC(=S)NC(=O)/C=C/c2ccc(Cl)cc2)c(=O)c1C#N. The first-order valence-corrected chi connectivity index (χ1v) is 8.29. The molecule has 2 N–H and O–H groups in total. The maximum Gasteiger partial charge on any atom is 0.287 e. The summed E-state index contributed by atoms with van der Waals surface area (Å²) in [5, 5.41) is 12.1. The molecule has 0 saturated heterocycles. The third-order valence-electron chi connectivity index (χ3n) is 3.45. The van der Waals surface area contributed by atoms with Gasteiger partial charge in [0.15, 0.2) is 5.11 Å². The Bertz CT molecular complexity index is 988. The summed E-state index contributed by atoms with van der Waals surface area (Å²) >= 11 is 10.9. The molecule has 6 nitrogen and oxygen atoms in total. The number of carbonyl (C=O) groups excluding carboxylic acids is 1. The zero-order valence-electron chi connectivity index (χ0n) is 14.0. The Morgan fingerprint density at radius 3 is 2.58 bits per heavy atom. The minimum absolute atomic E-state index is 0.0138. The molecule has 1 aromatic carbocycles. The largest absolute Gasteiger partial charge is 0.298 e. The van der Waals surface area contributed by atoms with Gasteiger partial charge in [-0.15, -0.1) is 0 Å². The van der Waals surface area contributed by atoms with Crippen molar-refractivity contribution in [1.29, 1.82) is 5.26 Å². The van der Waals surface area contributed by atoms with Crippen LogP contribution in [0.5, 0.6) is 0 Å². The standard InChI is InChI=1S/C18H15ClN4O2S/c1-11-9-12(2)23(17(25)15(11)10-20)22-18(26)21-16(24)8-5-13-3-6-14(19)7-4-13/h3-9H,1-2H3,(H2,21,22,24,26)/b8-5+. The Hall–Kier alpha value is -2.95. The number of hydrogen-bond donors (Lipinski definition) is 2. The normalized spacial score (nSPS) is 10.4. The summed E-state index contributed by atoms with van der Waals surface area (Å²) in [5.41, 5.74) is 4.03. The van der Waals surface area contributed by atoms with Gasteiger partial charge in [0, 0.05) is 16.8 Å². The van der Waals surface area contributed by atoms with Gasteiger partial charge in [0.25, 0.3) is 5.56 Å². The number of carbonyl (C=O) groups is 1. The van der Waals surface area contributed by atoms with E-state index in [2.05, 4.69) is 10.7 Å². The zero-order chi connectivity index (χ0) is 19.3. The average Bonchev–Trinajstić information content (AvgIpc) is 2.58. The van der Waals surface area contributed by atoms with Crippen molar-refractivity contribution in [3.63, 3.8) is 0 Å². The second kappa shape index (κ2) is 8.43. The highest BCUT2D eigenvalue weighted by Crippen LogP contribution is 2.10. The lowest BCUT2D eigenvalue weighted by atomic mass is 10.1. The first-order chi connectivity index (χ1) is 12.3. The number of pyridine rings is 1. The van der Waals surface area contributed by atoms with Gasteiger partial charge in [0.1, 0.15) is 11.6 Å². The molecule has 0 fully saturated rings. The van der Waals surface area contributed by atoms with Crippen LogP contribution in [0.2, 0.25) is 5.02 Å². The van der Waals surface area contributed by atoms with Crippen LogP contribution >= 0.6 is 23.8 Å². The Balaban J connectivity index is 2.07. The van der Waals surface area contributed by atoms with Crippen LogP contribution in [0.4, 0.5) is 0 Å². The van der Waals surface area contributed by atoms with Crippen LogP contribution in [0.1, 0.15) is 22.4 Å². The summed E-state index contributed by atoms with van der Waals surface area (Å²) in [6, 6.07) is 10.5. The molecule has 8 heteroatoms. The van der Waals surface area contributed by atoms with E-state index in [1.165, 1.54) is 6.08 Å². The fraction of sp³-hybridized carbons (Fsp3) is 0.111. The van der Waals surface area contributed by atoms with Gasteiger partial charge in [0.2, 0.25) is 5.91 Å². The van der Waals surface area contributed by atoms with Crippen molar-refractivity contribution in [2.24, 2.45) is 0 Å². The first-order valence-electron chi connectivity index (χ1n) is 7.51. The molecule has 1 amide bonds. The Morgan fingerprint density at radius 1 is 1.31 bits per heavy atom. The summed E-state index contributed by atoms with van der Waals surface area (Å²) in [4.78, 5) is 24.2. The summed E-state index contributed by atoms with van der Waals surface area (Å²) in [6.07, 6.45) is 2.91. The molecular weight excluding hydrogens is 372 g/mol. The number of amides is 1. The number of nitrogens with zero attached hydrogens (tertiary/aromatic N) is 2. The zero-order valence-corrected chi connectivity index (χ0v) is 15.6. The van der Waals surface area contributed by atoms with Crippen molar-refractivity contribution >= 4 is 40.9 Å². The minimum Gasteiger partial charge on any atom is -0.298 e. The highest BCUT2D eigenvalue weighted by atomic mass is 35.5. The molecule has 0 aliphatic rings. The van der Waals surface area contributed by atoms with E-state index in [9.17, 15) is 9.59 Å². The van der Waals surface area contributed by atoms with Gasteiger partial charge < -0.3 is 0 Å². The third-order valence-corrected chi connectivity index (χ3v) is 3.89. The van der Waals surface area contributed by atoms with Gasteiger partial charge in [-0.3, -0.25) is 20.3 Å². The van der Waals surface area contributed by atoms with E-state index in [1.807, 2.05) is 6.07 Å². The van der Waals surface area contributed by atoms with Crippen molar-refractivity contribution in [2.45, 2.75) is 13.8 Å². The number of thiocarbonyl (C=S) groups is 1. The van der Waals surface area contributed by atoms with Crippen molar-refractivity contribution in [2.75, 3.05) is 5.43 Å². The molecule has 0 aliphatic carbocycles. The van der Waals surface area contributed by atoms with Crippen LogP contribution in [0, 0.1) is 25.2 Å². The quantitative estimate of drug-likeness (QED) is 0.625. The minimum atomic E-state index is -0.529. The number of aromatic nitrogens is 1. The van der Waals surface area contributed by atoms with Crippen molar-refractivity contribution in [1.82, 2.24) is 9.99 Å². The van der Waals surface area contributed by atoms with Gasteiger partial charge in [-0.1, -0.05) is 23.7 Å². The van der Waals surface area contributed by atoms with Gasteiger partial charge in [-0.25, -0.2) is 4.68 Å². The average molecular weight is 387 g/mol. The lowest BCUT2D eigenvalue weighted by Gasteiger charge is -2.14. The molecule has 0 radical (unpaired) electrons. The number of halogens is 1. The topological polar surface area (TPSA) is 86.9 Å². The van der Waals surface area contributed by atoms with Crippen LogP contribution in [0.25, 0.3) is 6.08 Å². The summed E-state index contributed by atoms with van der Waals surface area (Å²) in [5.74, 6) is -0.462. The molecule has 2 aromatic rings. The number of rotatable bonds is 3. The molecule has 0 spiro atoms. The van der Waals surface area contributed by atoms with E-state index < -0.39 is 11.5 Å². The van der Waals surface area contributed by atoms with E-state index in [0.717, 1.165) is 10.2 Å². The molecule has 0 unspecified atom stereocenters. The van der Waals surface area contributed by atoms with E-state index in [-0.39, 0.29) is 10.7 Å². The molecule has 26 heavy (non-hydrogen) atoms. The second-order valence-corrected chi connectivity index (χ2v) is 6.26. The summed E-state index contributed by atoms with van der Waals surface area (Å²) in [6.45, 7) is 3.37. The lowest BCUT2D eigenvalue weighted by molar-refractivity contribution is -0.115. The van der Waals surface area contributed by atoms with Crippen LogP contribution in [-0.4, -0.2) is 15.7 Å². The number of nitrogens with one attached hydrogen (secondary N) is 2. The van der Waals surface area contributed by atoms with Crippen LogP contribution < -0.4 is 16.3 Å². The van der Waals surface area contributed by atoms with E-state index >= 15 is 0 Å². The number of benzene rings is 1. The Kier molecular flexibility index (Phi) is 6.28. The maximum atomic E-state index is 12.3. The fourth-order valence-electron chi connectivity index (χ4n) is 2.19. The van der Waals surface area contributed by atoms with Gasteiger partial charge in [-0.05, 0) is 61.5 Å². The van der Waals surface area contributed by atoms with Crippen molar-refractivity contribution in [3.8, 4) is 6.07 Å². The number of aryl methyl sites for hydroxylation is 2. The number of nitriles is 1. The Labute approximate surface area is 160 Å². The first kappa shape index (κ1) is 19.4. The molecule has 1 aromatic heterocycles. The maximum absolute atomic E-state index is 12.3. The number of hydrogen-bond acceptors (Lipinski definition) is 4. The van der Waals surface area contributed by atoms with Crippen molar-refractivity contribution < 1.29 is 4.79 Å². The smallest absolute Gasteiger partial charge is 0.287 e. The van der Waals surface area contributed by atoms with Crippen LogP contribution in [0.3, 0.4) is 0 Å². The van der Waals surface area contributed by atoms with Crippen LogP contribution in [-0.2, 0) is 4.79 Å². The molecule has 0 aliphatic heterocycles. The van der Waals surface area contributed by atoms with E-state index in [4.69, 9.17) is 29.1 Å². The third kappa shape index (κ3) is 4.79. The monoisotopic (exact) mass is 386 g/mol. The predicted molar refractivity (Wildman–Crippen MR) is 105 cm³/mol.